The van der Waals surface area contributed by atoms with Crippen LogP contribution in [0.2, 0.25) is 5.02 Å². The summed E-state index contributed by atoms with van der Waals surface area (Å²) in [6.45, 7) is 5.14. The van der Waals surface area contributed by atoms with Crippen molar-refractivity contribution < 1.29 is 0 Å². The smallest absolute Gasteiger partial charge is 0.182 e. The highest BCUT2D eigenvalue weighted by Crippen LogP contribution is 2.25. The molecule has 0 bridgehead atoms. The normalized spacial score (nSPS) is 11.1. The van der Waals surface area contributed by atoms with E-state index in [2.05, 4.69) is 29.4 Å². The van der Waals surface area contributed by atoms with Crippen LogP contribution in [0.15, 0.2) is 18.2 Å². The van der Waals surface area contributed by atoms with Gasteiger partial charge in [0.05, 0.1) is 10.7 Å². The highest BCUT2D eigenvalue weighted by atomic mass is 35.5. The van der Waals surface area contributed by atoms with E-state index < -0.39 is 0 Å². The molecular formula is C12H16ClN5. The Morgan fingerprint density at radius 2 is 2.17 bits per heavy atom. The third kappa shape index (κ3) is 2.79. The van der Waals surface area contributed by atoms with Crippen LogP contribution in [0, 0.1) is 5.92 Å². The van der Waals surface area contributed by atoms with E-state index in [1.54, 1.807) is 16.8 Å². The summed E-state index contributed by atoms with van der Waals surface area (Å²) in [6, 6.07) is 5.42. The molecule has 0 aliphatic rings. The largest absolute Gasteiger partial charge is 0.398 e. The van der Waals surface area contributed by atoms with Crippen LogP contribution in [0.25, 0.3) is 11.4 Å². The molecule has 0 aliphatic carbocycles. The van der Waals surface area contributed by atoms with Gasteiger partial charge in [-0.3, -0.25) is 0 Å². The fourth-order valence-electron chi connectivity index (χ4n) is 1.61. The molecule has 6 heteroatoms. The van der Waals surface area contributed by atoms with Crippen LogP contribution in [0.1, 0.15) is 20.3 Å². The minimum absolute atomic E-state index is 0.519. The Morgan fingerprint density at radius 3 is 2.83 bits per heavy atom. The van der Waals surface area contributed by atoms with Gasteiger partial charge < -0.3 is 5.73 Å². The summed E-state index contributed by atoms with van der Waals surface area (Å²) in [5, 5.41) is 12.3. The maximum atomic E-state index is 6.01. The summed E-state index contributed by atoms with van der Waals surface area (Å²) in [5.74, 6) is 1.33. The minimum Gasteiger partial charge on any atom is -0.398 e. The lowest BCUT2D eigenvalue weighted by molar-refractivity contribution is 0.481. The van der Waals surface area contributed by atoms with Gasteiger partial charge in [-0.1, -0.05) is 25.4 Å². The molecule has 1 aromatic carbocycles. The molecule has 0 saturated carbocycles. The van der Waals surface area contributed by atoms with Gasteiger partial charge in [-0.2, -0.15) is 0 Å². The van der Waals surface area contributed by atoms with Crippen molar-refractivity contribution >= 4 is 17.3 Å². The zero-order valence-electron chi connectivity index (χ0n) is 10.5. The predicted molar refractivity (Wildman–Crippen MR) is 72.1 cm³/mol. The molecule has 0 unspecified atom stereocenters. The molecule has 0 amide bonds. The molecule has 1 aromatic heterocycles. The average Bonchev–Trinajstić information content (AvgIpc) is 2.78. The Bertz CT molecular complexity index is 535. The maximum Gasteiger partial charge on any atom is 0.182 e. The monoisotopic (exact) mass is 265 g/mol. The minimum atomic E-state index is 0.519. The van der Waals surface area contributed by atoms with Crippen LogP contribution in [0.3, 0.4) is 0 Å². The van der Waals surface area contributed by atoms with Crippen molar-refractivity contribution in [1.29, 1.82) is 0 Å². The maximum absolute atomic E-state index is 6.01. The van der Waals surface area contributed by atoms with Gasteiger partial charge in [-0.25, -0.2) is 4.68 Å². The topological polar surface area (TPSA) is 69.6 Å². The van der Waals surface area contributed by atoms with Gasteiger partial charge in [0.15, 0.2) is 5.82 Å². The Hall–Kier alpha value is -1.62. The number of hydrogen-bond acceptors (Lipinski definition) is 4. The van der Waals surface area contributed by atoms with Crippen LogP contribution < -0.4 is 5.73 Å². The van der Waals surface area contributed by atoms with Gasteiger partial charge in [0.2, 0.25) is 0 Å². The van der Waals surface area contributed by atoms with Gasteiger partial charge >= 0.3 is 0 Å². The van der Waals surface area contributed by atoms with Gasteiger partial charge in [-0.05, 0) is 41.0 Å². The molecule has 0 aliphatic heterocycles. The van der Waals surface area contributed by atoms with Crippen LogP contribution in [0.5, 0.6) is 0 Å². The van der Waals surface area contributed by atoms with Crippen LogP contribution in [-0.4, -0.2) is 20.2 Å². The fourth-order valence-corrected chi connectivity index (χ4v) is 1.79. The van der Waals surface area contributed by atoms with Crippen molar-refractivity contribution in [3.8, 4) is 11.4 Å². The number of nitrogens with zero attached hydrogens (tertiary/aromatic N) is 4. The molecule has 96 valence electrons. The first-order valence-electron chi connectivity index (χ1n) is 5.89. The third-order valence-corrected chi connectivity index (χ3v) is 3.04. The quantitative estimate of drug-likeness (QED) is 0.863. The van der Waals surface area contributed by atoms with Gasteiger partial charge in [0, 0.05) is 12.1 Å². The SMILES string of the molecule is CC(C)CCn1nnnc1-c1ccc(N)c(Cl)c1. The van der Waals surface area contributed by atoms with Gasteiger partial charge in [-0.15, -0.1) is 5.10 Å². The second kappa shape index (κ2) is 5.35. The fraction of sp³-hybridized carbons (Fsp3) is 0.417. The molecule has 5 nitrogen and oxygen atoms in total. The van der Waals surface area contributed by atoms with E-state index in [0.29, 0.717) is 16.6 Å². The van der Waals surface area contributed by atoms with Crippen LogP contribution in [-0.2, 0) is 6.54 Å². The Balaban J connectivity index is 2.27. The van der Waals surface area contributed by atoms with Gasteiger partial charge in [0.1, 0.15) is 0 Å². The van der Waals surface area contributed by atoms with E-state index in [1.165, 1.54) is 0 Å². The van der Waals surface area contributed by atoms with Crippen molar-refractivity contribution in [2.45, 2.75) is 26.8 Å². The highest BCUT2D eigenvalue weighted by molar-refractivity contribution is 6.33. The number of hydrogen-bond donors (Lipinski definition) is 1. The third-order valence-electron chi connectivity index (χ3n) is 2.71. The van der Waals surface area contributed by atoms with Crippen molar-refractivity contribution in [1.82, 2.24) is 20.2 Å². The van der Waals surface area contributed by atoms with E-state index in [0.717, 1.165) is 24.4 Å². The molecule has 0 spiro atoms. The number of nitrogen functional groups attached to an aromatic ring is 1. The number of rotatable bonds is 4. The standard InChI is InChI=1S/C12H16ClN5/c1-8(2)5-6-18-12(15-16-17-18)9-3-4-11(14)10(13)7-9/h3-4,7-8H,5-6,14H2,1-2H3. The van der Waals surface area contributed by atoms with E-state index in [4.69, 9.17) is 17.3 Å². The molecule has 0 fully saturated rings. The molecule has 2 rings (SSSR count). The number of anilines is 1. The molecule has 18 heavy (non-hydrogen) atoms. The Kier molecular flexibility index (Phi) is 3.81. The lowest BCUT2D eigenvalue weighted by Gasteiger charge is -2.07. The van der Waals surface area contributed by atoms with E-state index >= 15 is 0 Å². The number of halogens is 1. The van der Waals surface area contributed by atoms with Crippen molar-refractivity contribution in [3.05, 3.63) is 23.2 Å². The summed E-state index contributed by atoms with van der Waals surface area (Å²) in [5.41, 5.74) is 7.12. The van der Waals surface area contributed by atoms with E-state index in [9.17, 15) is 0 Å². The molecule has 0 atom stereocenters. The summed E-state index contributed by atoms with van der Waals surface area (Å²) < 4.78 is 1.79. The molecule has 0 radical (unpaired) electrons. The first kappa shape index (κ1) is 12.8. The number of aryl methyl sites for hydroxylation is 1. The molecule has 1 heterocycles. The number of nitrogens with two attached hydrogens (primary N) is 1. The molecule has 2 N–H and O–H groups in total. The lowest BCUT2D eigenvalue weighted by atomic mass is 10.1. The second-order valence-electron chi connectivity index (χ2n) is 4.64. The van der Waals surface area contributed by atoms with E-state index in [1.807, 2.05) is 6.07 Å². The summed E-state index contributed by atoms with van der Waals surface area (Å²) in [7, 11) is 0. The zero-order chi connectivity index (χ0) is 13.1. The number of aromatic nitrogens is 4. The van der Waals surface area contributed by atoms with Crippen molar-refractivity contribution in [3.63, 3.8) is 0 Å². The van der Waals surface area contributed by atoms with Crippen LogP contribution >= 0.6 is 11.6 Å². The van der Waals surface area contributed by atoms with Crippen molar-refractivity contribution in [2.24, 2.45) is 5.92 Å². The van der Waals surface area contributed by atoms with E-state index in [-0.39, 0.29) is 0 Å². The molecule has 2 aromatic rings. The van der Waals surface area contributed by atoms with Gasteiger partial charge in [0.25, 0.3) is 0 Å². The van der Waals surface area contributed by atoms with Crippen molar-refractivity contribution in [2.75, 3.05) is 5.73 Å². The molecule has 0 saturated heterocycles. The number of benzene rings is 1. The predicted octanol–water partition coefficient (Wildman–Crippen LogP) is 2.62. The molecular weight excluding hydrogens is 250 g/mol. The summed E-state index contributed by atoms with van der Waals surface area (Å²) in [6.07, 6.45) is 1.03. The first-order valence-corrected chi connectivity index (χ1v) is 6.27. The van der Waals surface area contributed by atoms with Crippen LogP contribution in [0.4, 0.5) is 5.69 Å². The lowest BCUT2D eigenvalue weighted by Crippen LogP contribution is -2.05. The Morgan fingerprint density at radius 1 is 1.39 bits per heavy atom. The second-order valence-corrected chi connectivity index (χ2v) is 5.05. The average molecular weight is 266 g/mol. The summed E-state index contributed by atoms with van der Waals surface area (Å²) in [4.78, 5) is 0. The number of tetrazole rings is 1. The highest BCUT2D eigenvalue weighted by Gasteiger charge is 2.10. The zero-order valence-corrected chi connectivity index (χ0v) is 11.2. The summed E-state index contributed by atoms with van der Waals surface area (Å²) >= 11 is 6.01. The first-order chi connectivity index (χ1) is 8.58. The Labute approximate surface area is 111 Å².